The number of aromatic amines is 1. The van der Waals surface area contributed by atoms with Crippen LogP contribution in [0.5, 0.6) is 0 Å². The molecule has 4 atom stereocenters. The minimum atomic E-state index is -0.197. The first-order chi connectivity index (χ1) is 13.9. The highest BCUT2D eigenvalue weighted by molar-refractivity contribution is 7.11. The van der Waals surface area contributed by atoms with E-state index < -0.39 is 0 Å². The van der Waals surface area contributed by atoms with Crippen LogP contribution in [0.1, 0.15) is 54.6 Å². The van der Waals surface area contributed by atoms with Gasteiger partial charge in [0.1, 0.15) is 6.10 Å². The first-order valence-corrected chi connectivity index (χ1v) is 10.9. The average Bonchev–Trinajstić information content (AvgIpc) is 3.41. The van der Waals surface area contributed by atoms with Gasteiger partial charge in [-0.25, -0.2) is 9.78 Å². The Hall–Kier alpha value is -2.42. The molecule has 1 saturated carbocycles. The number of ether oxygens (including phenoxy) is 1. The molecular formula is C20H27N5O3S. The van der Waals surface area contributed by atoms with Crippen molar-refractivity contribution in [3.8, 4) is 0 Å². The van der Waals surface area contributed by atoms with E-state index in [1.165, 1.54) is 11.3 Å². The molecule has 1 aliphatic heterocycles. The van der Waals surface area contributed by atoms with Crippen molar-refractivity contribution in [3.63, 3.8) is 0 Å². The topological polar surface area (TPSA) is 100 Å². The lowest BCUT2D eigenvalue weighted by atomic mass is 9.93. The third-order valence-corrected chi connectivity index (χ3v) is 6.91. The smallest absolute Gasteiger partial charge is 0.410 e. The van der Waals surface area contributed by atoms with Crippen LogP contribution in [0.4, 0.5) is 10.6 Å². The minimum Gasteiger partial charge on any atom is -0.446 e. The lowest BCUT2D eigenvalue weighted by Gasteiger charge is -2.44. The molecule has 3 heterocycles. The van der Waals surface area contributed by atoms with Gasteiger partial charge in [-0.1, -0.05) is 6.92 Å². The summed E-state index contributed by atoms with van der Waals surface area (Å²) >= 11 is 1.52. The Morgan fingerprint density at radius 3 is 2.90 bits per heavy atom. The van der Waals surface area contributed by atoms with Crippen LogP contribution in [0.15, 0.2) is 12.3 Å². The Morgan fingerprint density at radius 2 is 2.21 bits per heavy atom. The Balaban J connectivity index is 1.26. The van der Waals surface area contributed by atoms with Gasteiger partial charge >= 0.3 is 6.09 Å². The molecular weight excluding hydrogens is 390 g/mol. The number of rotatable bonds is 5. The van der Waals surface area contributed by atoms with Gasteiger partial charge in [-0.05, 0) is 39.0 Å². The summed E-state index contributed by atoms with van der Waals surface area (Å²) < 4.78 is 5.70. The van der Waals surface area contributed by atoms with E-state index in [1.54, 1.807) is 11.1 Å². The molecule has 0 radical (unpaired) electrons. The van der Waals surface area contributed by atoms with Gasteiger partial charge in [0, 0.05) is 41.3 Å². The highest BCUT2D eigenvalue weighted by Crippen LogP contribution is 2.36. The molecule has 0 unspecified atom stereocenters. The summed E-state index contributed by atoms with van der Waals surface area (Å²) in [6, 6.07) is 2.14. The van der Waals surface area contributed by atoms with E-state index in [2.05, 4.69) is 34.3 Å². The van der Waals surface area contributed by atoms with Crippen molar-refractivity contribution in [1.82, 2.24) is 20.1 Å². The highest BCUT2D eigenvalue weighted by atomic mass is 32.1. The normalized spacial score (nSPS) is 26.2. The van der Waals surface area contributed by atoms with Crippen LogP contribution >= 0.6 is 11.3 Å². The van der Waals surface area contributed by atoms with E-state index in [-0.39, 0.29) is 30.1 Å². The Bertz CT molecular complexity index is 894. The molecule has 156 valence electrons. The van der Waals surface area contributed by atoms with Crippen LogP contribution in [0.25, 0.3) is 0 Å². The number of thiazole rings is 1. The highest BCUT2D eigenvalue weighted by Gasteiger charge is 2.38. The van der Waals surface area contributed by atoms with Crippen LogP contribution in [-0.4, -0.2) is 50.8 Å². The number of nitrogens with zero attached hydrogens (tertiary/aromatic N) is 3. The van der Waals surface area contributed by atoms with Crippen LogP contribution < -0.4 is 5.32 Å². The molecule has 0 spiro atoms. The third kappa shape index (κ3) is 4.44. The van der Waals surface area contributed by atoms with Gasteiger partial charge in [-0.2, -0.15) is 5.10 Å². The summed E-state index contributed by atoms with van der Waals surface area (Å²) in [5, 5.41) is 11.0. The van der Waals surface area contributed by atoms with E-state index in [1.807, 2.05) is 13.0 Å². The number of anilines is 1. The number of aromatic nitrogens is 3. The second-order valence-electron chi connectivity index (χ2n) is 8.17. The van der Waals surface area contributed by atoms with E-state index >= 15 is 0 Å². The zero-order valence-electron chi connectivity index (χ0n) is 17.0. The predicted octanol–water partition coefficient (Wildman–Crippen LogP) is 3.47. The zero-order chi connectivity index (χ0) is 20.5. The second kappa shape index (κ2) is 8.14. The van der Waals surface area contributed by atoms with E-state index in [0.717, 1.165) is 41.4 Å². The van der Waals surface area contributed by atoms with Crippen molar-refractivity contribution in [2.24, 2.45) is 5.92 Å². The fourth-order valence-corrected chi connectivity index (χ4v) is 4.81. The maximum atomic E-state index is 12.3. The quantitative estimate of drug-likeness (QED) is 0.776. The fourth-order valence-electron chi connectivity index (χ4n) is 4.02. The SMILES string of the molecule is Cc1ncc(CC(=O)Nc2cc([C@H]3CC[C@@H](OC(=O)N4C[C@H](C)[C@@H]4C)C3)[nH]n2)s1. The Morgan fingerprint density at radius 1 is 1.38 bits per heavy atom. The zero-order valence-corrected chi connectivity index (χ0v) is 17.8. The number of likely N-dealkylation sites (tertiary alicyclic amines) is 1. The molecule has 4 rings (SSSR count). The molecule has 2 aromatic heterocycles. The predicted molar refractivity (Wildman–Crippen MR) is 110 cm³/mol. The van der Waals surface area contributed by atoms with Crippen molar-refractivity contribution in [1.29, 1.82) is 0 Å². The first-order valence-electron chi connectivity index (χ1n) is 10.1. The summed E-state index contributed by atoms with van der Waals surface area (Å²) in [6.07, 6.45) is 4.32. The summed E-state index contributed by atoms with van der Waals surface area (Å²) in [5.41, 5.74) is 0.971. The monoisotopic (exact) mass is 417 g/mol. The maximum absolute atomic E-state index is 12.3. The number of H-pyrrole nitrogens is 1. The fraction of sp³-hybridized carbons (Fsp3) is 0.600. The lowest BCUT2D eigenvalue weighted by Crippen LogP contribution is -2.56. The van der Waals surface area contributed by atoms with Gasteiger partial charge < -0.3 is 15.0 Å². The average molecular weight is 418 g/mol. The summed E-state index contributed by atoms with van der Waals surface area (Å²) in [6.45, 7) is 6.90. The van der Waals surface area contributed by atoms with Gasteiger partial charge in [0.25, 0.3) is 0 Å². The third-order valence-electron chi connectivity index (χ3n) is 6.00. The van der Waals surface area contributed by atoms with Gasteiger partial charge in [-0.15, -0.1) is 11.3 Å². The summed E-state index contributed by atoms with van der Waals surface area (Å²) in [5.74, 6) is 1.21. The van der Waals surface area contributed by atoms with Crippen LogP contribution in [0.3, 0.4) is 0 Å². The van der Waals surface area contributed by atoms with Crippen molar-refractivity contribution in [2.75, 3.05) is 11.9 Å². The summed E-state index contributed by atoms with van der Waals surface area (Å²) in [4.78, 5) is 31.4. The van der Waals surface area contributed by atoms with Crippen molar-refractivity contribution in [3.05, 3.63) is 27.8 Å². The van der Waals surface area contributed by atoms with Crippen molar-refractivity contribution in [2.45, 2.75) is 64.5 Å². The molecule has 2 amide bonds. The van der Waals surface area contributed by atoms with Gasteiger partial charge in [0.05, 0.1) is 11.4 Å². The molecule has 0 bridgehead atoms. The number of carbonyl (C=O) groups excluding carboxylic acids is 2. The van der Waals surface area contributed by atoms with E-state index in [9.17, 15) is 9.59 Å². The number of amides is 2. The second-order valence-corrected chi connectivity index (χ2v) is 9.48. The molecule has 29 heavy (non-hydrogen) atoms. The van der Waals surface area contributed by atoms with Crippen molar-refractivity contribution >= 4 is 29.2 Å². The van der Waals surface area contributed by atoms with Crippen LogP contribution in [0, 0.1) is 12.8 Å². The molecule has 2 aromatic rings. The molecule has 0 aromatic carbocycles. The lowest BCUT2D eigenvalue weighted by molar-refractivity contribution is -0.115. The first kappa shape index (κ1) is 19.9. The molecule has 8 nitrogen and oxygen atoms in total. The Kier molecular flexibility index (Phi) is 5.58. The number of aryl methyl sites for hydroxylation is 1. The number of nitrogens with one attached hydrogen (secondary N) is 2. The van der Waals surface area contributed by atoms with E-state index in [0.29, 0.717) is 18.2 Å². The molecule has 1 aliphatic carbocycles. The maximum Gasteiger partial charge on any atom is 0.410 e. The molecule has 2 aliphatic rings. The summed E-state index contributed by atoms with van der Waals surface area (Å²) in [7, 11) is 0. The van der Waals surface area contributed by atoms with Gasteiger partial charge in [0.2, 0.25) is 5.91 Å². The van der Waals surface area contributed by atoms with Crippen LogP contribution in [-0.2, 0) is 16.0 Å². The number of hydrogen-bond acceptors (Lipinski definition) is 6. The molecule has 1 saturated heterocycles. The Labute approximate surface area is 174 Å². The number of hydrogen-bond donors (Lipinski definition) is 2. The standard InChI is InChI=1S/C20H27N5O3S/c1-11-10-25(12(11)2)20(27)28-15-5-4-14(6-15)17-8-18(24-23-17)22-19(26)7-16-9-21-13(3)29-16/h8-9,11-12,14-15H,4-7,10H2,1-3H3,(H2,22,23,24,26)/t11-,12-,14-,15+/m0/s1. The molecule has 2 N–H and O–H groups in total. The molecule has 9 heteroatoms. The van der Waals surface area contributed by atoms with E-state index in [4.69, 9.17) is 4.74 Å². The van der Waals surface area contributed by atoms with Gasteiger partial charge in [0.15, 0.2) is 5.82 Å². The van der Waals surface area contributed by atoms with Gasteiger partial charge in [-0.3, -0.25) is 9.89 Å². The van der Waals surface area contributed by atoms with Crippen LogP contribution in [0.2, 0.25) is 0 Å². The largest absolute Gasteiger partial charge is 0.446 e. The number of carbonyl (C=O) groups is 2. The minimum absolute atomic E-state index is 0.0634. The molecule has 2 fully saturated rings. The van der Waals surface area contributed by atoms with Crippen molar-refractivity contribution < 1.29 is 14.3 Å².